The highest BCUT2D eigenvalue weighted by atomic mass is 32.2. The number of hydrogen-bond donors (Lipinski definition) is 1. The summed E-state index contributed by atoms with van der Waals surface area (Å²) >= 11 is 3.06. The molecule has 0 saturated heterocycles. The van der Waals surface area contributed by atoms with E-state index in [1.54, 1.807) is 24.2 Å². The Bertz CT molecular complexity index is 1130. The third-order valence-electron chi connectivity index (χ3n) is 4.44. The first-order valence-corrected chi connectivity index (χ1v) is 11.2. The molecule has 5 nitrogen and oxygen atoms in total. The van der Waals surface area contributed by atoms with Gasteiger partial charge < -0.3 is 9.73 Å². The van der Waals surface area contributed by atoms with Gasteiger partial charge in [-0.15, -0.1) is 11.8 Å². The van der Waals surface area contributed by atoms with Gasteiger partial charge in [-0.05, 0) is 16.3 Å². The Morgan fingerprint density at radius 2 is 1.97 bits per heavy atom. The van der Waals surface area contributed by atoms with Crippen LogP contribution in [0.1, 0.15) is 37.0 Å². The van der Waals surface area contributed by atoms with E-state index in [0.29, 0.717) is 29.1 Å². The highest BCUT2D eigenvalue weighted by molar-refractivity contribution is 8.00. The van der Waals surface area contributed by atoms with Crippen molar-refractivity contribution in [1.29, 1.82) is 0 Å². The molecule has 2 heterocycles. The molecule has 0 saturated carbocycles. The predicted octanol–water partition coefficient (Wildman–Crippen LogP) is 5.88. The molecule has 7 heteroatoms. The molecule has 1 amide bonds. The molecule has 0 bridgehead atoms. The number of hydrogen-bond acceptors (Lipinski definition) is 6. The molecule has 2 aromatic heterocycles. The van der Waals surface area contributed by atoms with Gasteiger partial charge in [0.05, 0.1) is 28.8 Å². The van der Waals surface area contributed by atoms with Gasteiger partial charge in [0.2, 0.25) is 11.8 Å². The van der Waals surface area contributed by atoms with Gasteiger partial charge in [-0.2, -0.15) is 0 Å². The highest BCUT2D eigenvalue weighted by Gasteiger charge is 2.12. The molecule has 0 aliphatic carbocycles. The first kappa shape index (κ1) is 19.7. The molecule has 0 aliphatic heterocycles. The van der Waals surface area contributed by atoms with Crippen molar-refractivity contribution in [1.82, 2.24) is 9.97 Å². The number of carbonyl (C=O) groups excluding carboxylic acids is 1. The topological polar surface area (TPSA) is 68.0 Å². The van der Waals surface area contributed by atoms with Crippen LogP contribution in [0.4, 0.5) is 5.13 Å². The lowest BCUT2D eigenvalue weighted by atomic mass is 10.0. The van der Waals surface area contributed by atoms with Gasteiger partial charge in [0.25, 0.3) is 0 Å². The van der Waals surface area contributed by atoms with E-state index in [9.17, 15) is 4.79 Å². The maximum absolute atomic E-state index is 12.5. The minimum Gasteiger partial charge on any atom is -0.445 e. The molecule has 0 unspecified atom stereocenters. The zero-order chi connectivity index (χ0) is 20.2. The minimum atomic E-state index is -0.0680. The largest absolute Gasteiger partial charge is 0.445 e. The number of thioether (sulfide) groups is 1. The Hall–Kier alpha value is -2.64. The van der Waals surface area contributed by atoms with Crippen molar-refractivity contribution in [2.45, 2.75) is 36.1 Å². The Kier molecular flexibility index (Phi) is 5.97. The Balaban J connectivity index is 1.35. The first-order chi connectivity index (χ1) is 14.1. The summed E-state index contributed by atoms with van der Waals surface area (Å²) in [7, 11) is 0. The third-order valence-corrected chi connectivity index (χ3v) is 6.53. The number of anilines is 1. The zero-order valence-electron chi connectivity index (χ0n) is 16.2. The molecule has 0 radical (unpaired) electrons. The van der Waals surface area contributed by atoms with Crippen LogP contribution < -0.4 is 5.32 Å². The van der Waals surface area contributed by atoms with Gasteiger partial charge in [0, 0.05) is 5.92 Å². The van der Waals surface area contributed by atoms with Crippen LogP contribution in [0.3, 0.4) is 0 Å². The van der Waals surface area contributed by atoms with Crippen LogP contribution in [0.15, 0.2) is 63.5 Å². The maximum atomic E-state index is 12.5. The van der Waals surface area contributed by atoms with Crippen LogP contribution in [-0.2, 0) is 17.0 Å². The van der Waals surface area contributed by atoms with E-state index in [4.69, 9.17) is 4.42 Å². The average Bonchev–Trinajstić information content (AvgIpc) is 3.36. The van der Waals surface area contributed by atoms with Crippen molar-refractivity contribution in [2.75, 3.05) is 5.32 Å². The smallest absolute Gasteiger partial charge is 0.230 e. The molecule has 4 rings (SSSR count). The summed E-state index contributed by atoms with van der Waals surface area (Å²) in [6.45, 7) is 4.15. The van der Waals surface area contributed by atoms with E-state index in [0.717, 1.165) is 26.3 Å². The monoisotopic (exact) mass is 423 g/mol. The van der Waals surface area contributed by atoms with Gasteiger partial charge >= 0.3 is 0 Å². The Morgan fingerprint density at radius 3 is 2.79 bits per heavy atom. The number of benzene rings is 2. The van der Waals surface area contributed by atoms with Gasteiger partial charge in [0.15, 0.2) is 5.13 Å². The molecule has 0 fully saturated rings. The SMILES string of the molecule is CC(C)c1cnc(CSc2cnc(NC(=O)Cc3cccc4ccccc34)s2)o1. The lowest BCUT2D eigenvalue weighted by Crippen LogP contribution is -2.14. The van der Waals surface area contributed by atoms with Gasteiger partial charge in [-0.25, -0.2) is 9.97 Å². The summed E-state index contributed by atoms with van der Waals surface area (Å²) in [4.78, 5) is 21.1. The summed E-state index contributed by atoms with van der Waals surface area (Å²) < 4.78 is 6.73. The summed E-state index contributed by atoms with van der Waals surface area (Å²) in [5, 5.41) is 5.75. The van der Waals surface area contributed by atoms with E-state index in [1.807, 2.05) is 30.3 Å². The number of oxazole rings is 1. The lowest BCUT2D eigenvalue weighted by Gasteiger charge is -2.06. The molecule has 0 atom stereocenters. The van der Waals surface area contributed by atoms with Crippen LogP contribution >= 0.6 is 23.1 Å². The van der Waals surface area contributed by atoms with Crippen LogP contribution in [-0.4, -0.2) is 15.9 Å². The number of aromatic nitrogens is 2. The van der Waals surface area contributed by atoms with Gasteiger partial charge in [0.1, 0.15) is 5.76 Å². The van der Waals surface area contributed by atoms with Crippen molar-refractivity contribution >= 4 is 44.9 Å². The first-order valence-electron chi connectivity index (χ1n) is 9.38. The Morgan fingerprint density at radius 1 is 1.14 bits per heavy atom. The molecular formula is C22H21N3O2S2. The fraction of sp³-hybridized carbons (Fsp3) is 0.227. The van der Waals surface area contributed by atoms with Gasteiger partial charge in [-0.1, -0.05) is 67.6 Å². The second-order valence-electron chi connectivity index (χ2n) is 6.95. The molecule has 148 valence electrons. The highest BCUT2D eigenvalue weighted by Crippen LogP contribution is 2.31. The molecule has 2 aromatic carbocycles. The molecule has 29 heavy (non-hydrogen) atoms. The number of nitrogens with zero attached hydrogens (tertiary/aromatic N) is 2. The van der Waals surface area contributed by atoms with E-state index in [-0.39, 0.29) is 5.91 Å². The fourth-order valence-electron chi connectivity index (χ4n) is 2.96. The normalized spacial score (nSPS) is 11.3. The van der Waals surface area contributed by atoms with Crippen LogP contribution in [0, 0.1) is 0 Å². The van der Waals surface area contributed by atoms with Crippen molar-refractivity contribution in [3.63, 3.8) is 0 Å². The molecular weight excluding hydrogens is 402 g/mol. The zero-order valence-corrected chi connectivity index (χ0v) is 17.8. The van der Waals surface area contributed by atoms with Gasteiger partial charge in [-0.3, -0.25) is 4.79 Å². The summed E-state index contributed by atoms with van der Waals surface area (Å²) in [6, 6.07) is 14.1. The Labute approximate surface area is 177 Å². The summed E-state index contributed by atoms with van der Waals surface area (Å²) in [5.41, 5.74) is 1.01. The fourth-order valence-corrected chi connectivity index (χ4v) is 4.70. The van der Waals surface area contributed by atoms with E-state index in [1.165, 1.54) is 11.3 Å². The standard InChI is InChI=1S/C22H21N3O2S2/c1-14(2)18-11-23-20(27-18)13-28-21-12-24-22(29-21)25-19(26)10-16-8-5-7-15-6-3-4-9-17(15)16/h3-9,11-12,14H,10,13H2,1-2H3,(H,24,25,26). The van der Waals surface area contributed by atoms with Crippen molar-refractivity contribution in [2.24, 2.45) is 0 Å². The van der Waals surface area contributed by atoms with Crippen molar-refractivity contribution in [3.8, 4) is 0 Å². The predicted molar refractivity (Wildman–Crippen MR) is 119 cm³/mol. The minimum absolute atomic E-state index is 0.0680. The number of amides is 1. The molecule has 1 N–H and O–H groups in total. The third kappa shape index (κ3) is 4.86. The molecule has 0 aliphatic rings. The number of thiazole rings is 1. The summed E-state index contributed by atoms with van der Waals surface area (Å²) in [5.74, 6) is 2.49. The van der Waals surface area contributed by atoms with Crippen LogP contribution in [0.2, 0.25) is 0 Å². The van der Waals surface area contributed by atoms with E-state index < -0.39 is 0 Å². The van der Waals surface area contributed by atoms with Crippen LogP contribution in [0.5, 0.6) is 0 Å². The van der Waals surface area contributed by atoms with Crippen molar-refractivity contribution < 1.29 is 9.21 Å². The molecule has 4 aromatic rings. The summed E-state index contributed by atoms with van der Waals surface area (Å²) in [6.07, 6.45) is 3.87. The quantitative estimate of drug-likeness (QED) is 0.376. The molecule has 0 spiro atoms. The van der Waals surface area contributed by atoms with Crippen molar-refractivity contribution in [3.05, 3.63) is 72.1 Å². The average molecular weight is 424 g/mol. The maximum Gasteiger partial charge on any atom is 0.230 e. The lowest BCUT2D eigenvalue weighted by molar-refractivity contribution is -0.115. The van der Waals surface area contributed by atoms with E-state index in [2.05, 4.69) is 41.3 Å². The number of carbonyl (C=O) groups is 1. The van der Waals surface area contributed by atoms with Crippen LogP contribution in [0.25, 0.3) is 10.8 Å². The second-order valence-corrected chi connectivity index (χ2v) is 9.25. The second kappa shape index (κ2) is 8.80. The number of nitrogens with one attached hydrogen (secondary N) is 1. The van der Waals surface area contributed by atoms with E-state index >= 15 is 0 Å². The number of fused-ring (bicyclic) bond motifs is 1. The number of rotatable bonds is 7.